The largest absolute Gasteiger partial charge is 0.382 e. The first-order valence-corrected chi connectivity index (χ1v) is 6.91. The van der Waals surface area contributed by atoms with Crippen molar-refractivity contribution in [3.63, 3.8) is 0 Å². The topological polar surface area (TPSA) is 30.5 Å². The van der Waals surface area contributed by atoms with Gasteiger partial charge in [0.25, 0.3) is 0 Å². The third-order valence-corrected chi connectivity index (χ3v) is 3.20. The quantitative estimate of drug-likeness (QED) is 0.786. The van der Waals surface area contributed by atoms with E-state index < -0.39 is 0 Å². The zero-order valence-corrected chi connectivity index (χ0v) is 11.2. The smallest absolute Gasteiger partial charge is 0.0751 e. The van der Waals surface area contributed by atoms with E-state index in [0.717, 1.165) is 32.4 Å². The third-order valence-electron chi connectivity index (χ3n) is 3.20. The normalized spacial score (nSPS) is 18.8. The molecular formula is C15H23NO2. The highest BCUT2D eigenvalue weighted by Crippen LogP contribution is 2.21. The average Bonchev–Trinajstić information content (AvgIpc) is 2.61. The maximum Gasteiger partial charge on any atom is 0.0751 e. The van der Waals surface area contributed by atoms with Crippen LogP contribution in [0.25, 0.3) is 0 Å². The SMILES string of the molecule is CCCOCCOC1CCc2ccccc2NC1. The van der Waals surface area contributed by atoms with Crippen molar-refractivity contribution in [2.24, 2.45) is 0 Å². The first-order valence-electron chi connectivity index (χ1n) is 6.91. The zero-order chi connectivity index (χ0) is 12.6. The van der Waals surface area contributed by atoms with Crippen molar-refractivity contribution in [2.45, 2.75) is 32.3 Å². The number of nitrogens with one attached hydrogen (secondary N) is 1. The van der Waals surface area contributed by atoms with Crippen LogP contribution in [0.1, 0.15) is 25.3 Å². The Morgan fingerprint density at radius 2 is 2.11 bits per heavy atom. The van der Waals surface area contributed by atoms with E-state index in [9.17, 15) is 0 Å². The first kappa shape index (κ1) is 13.4. The van der Waals surface area contributed by atoms with Gasteiger partial charge in [-0.25, -0.2) is 0 Å². The van der Waals surface area contributed by atoms with Gasteiger partial charge in [0.2, 0.25) is 0 Å². The van der Waals surface area contributed by atoms with Crippen LogP contribution in [0.2, 0.25) is 0 Å². The predicted octanol–water partition coefficient (Wildman–Crippen LogP) is 2.86. The molecule has 3 nitrogen and oxygen atoms in total. The van der Waals surface area contributed by atoms with Gasteiger partial charge >= 0.3 is 0 Å². The maximum absolute atomic E-state index is 5.85. The second-order valence-corrected chi connectivity index (χ2v) is 4.68. The second-order valence-electron chi connectivity index (χ2n) is 4.68. The van der Waals surface area contributed by atoms with E-state index in [1.54, 1.807) is 0 Å². The molecule has 2 rings (SSSR count). The summed E-state index contributed by atoms with van der Waals surface area (Å²) in [5.41, 5.74) is 2.65. The van der Waals surface area contributed by atoms with Gasteiger partial charge in [0.15, 0.2) is 0 Å². The van der Waals surface area contributed by atoms with Gasteiger partial charge in [0, 0.05) is 18.8 Å². The Morgan fingerprint density at radius 1 is 1.22 bits per heavy atom. The van der Waals surface area contributed by atoms with Crippen LogP contribution in [0.15, 0.2) is 24.3 Å². The Bertz CT molecular complexity index is 327. The minimum atomic E-state index is 0.294. The molecule has 0 aromatic heterocycles. The molecule has 0 aliphatic carbocycles. The fourth-order valence-corrected chi connectivity index (χ4v) is 2.22. The Labute approximate surface area is 109 Å². The van der Waals surface area contributed by atoms with Crippen molar-refractivity contribution in [3.8, 4) is 0 Å². The van der Waals surface area contributed by atoms with Gasteiger partial charge in [-0.15, -0.1) is 0 Å². The van der Waals surface area contributed by atoms with Gasteiger partial charge in [0.05, 0.1) is 19.3 Å². The number of anilines is 1. The summed E-state index contributed by atoms with van der Waals surface area (Å²) in [6, 6.07) is 8.50. The molecule has 100 valence electrons. The van der Waals surface area contributed by atoms with Crippen LogP contribution in [0, 0.1) is 0 Å². The molecule has 1 heterocycles. The number of fused-ring (bicyclic) bond motifs is 1. The number of ether oxygens (including phenoxy) is 2. The highest BCUT2D eigenvalue weighted by atomic mass is 16.5. The van der Waals surface area contributed by atoms with Crippen molar-refractivity contribution >= 4 is 5.69 Å². The van der Waals surface area contributed by atoms with E-state index in [1.807, 2.05) is 0 Å². The van der Waals surface area contributed by atoms with E-state index in [1.165, 1.54) is 11.3 Å². The van der Waals surface area contributed by atoms with Crippen LogP contribution in [-0.4, -0.2) is 32.5 Å². The molecule has 0 saturated carbocycles. The summed E-state index contributed by atoms with van der Waals surface area (Å²) in [4.78, 5) is 0. The molecule has 0 fully saturated rings. The van der Waals surface area contributed by atoms with Crippen LogP contribution < -0.4 is 5.32 Å². The number of para-hydroxylation sites is 1. The van der Waals surface area contributed by atoms with Crippen LogP contribution in [-0.2, 0) is 15.9 Å². The predicted molar refractivity (Wildman–Crippen MR) is 74.1 cm³/mol. The molecule has 1 aromatic carbocycles. The molecule has 0 bridgehead atoms. The Hall–Kier alpha value is -1.06. The lowest BCUT2D eigenvalue weighted by atomic mass is 10.1. The van der Waals surface area contributed by atoms with Gasteiger partial charge in [-0.1, -0.05) is 25.1 Å². The van der Waals surface area contributed by atoms with Gasteiger partial charge in [-0.05, 0) is 30.9 Å². The molecule has 0 radical (unpaired) electrons. The molecular weight excluding hydrogens is 226 g/mol. The van der Waals surface area contributed by atoms with Crippen LogP contribution in [0.3, 0.4) is 0 Å². The minimum absolute atomic E-state index is 0.294. The Balaban J connectivity index is 1.71. The van der Waals surface area contributed by atoms with Crippen LogP contribution >= 0.6 is 0 Å². The van der Waals surface area contributed by atoms with Gasteiger partial charge in [-0.2, -0.15) is 0 Å². The Morgan fingerprint density at radius 3 is 3.00 bits per heavy atom. The third kappa shape index (κ3) is 4.00. The molecule has 1 aliphatic heterocycles. The molecule has 0 amide bonds. The average molecular weight is 249 g/mol. The maximum atomic E-state index is 5.85. The number of rotatable bonds is 6. The minimum Gasteiger partial charge on any atom is -0.382 e. The lowest BCUT2D eigenvalue weighted by Gasteiger charge is -2.15. The van der Waals surface area contributed by atoms with E-state index >= 15 is 0 Å². The van der Waals surface area contributed by atoms with E-state index in [0.29, 0.717) is 19.3 Å². The van der Waals surface area contributed by atoms with Crippen molar-refractivity contribution in [2.75, 3.05) is 31.7 Å². The second kappa shape index (κ2) is 7.39. The Kier molecular flexibility index (Phi) is 5.49. The summed E-state index contributed by atoms with van der Waals surface area (Å²) >= 11 is 0. The van der Waals surface area contributed by atoms with E-state index in [4.69, 9.17) is 9.47 Å². The van der Waals surface area contributed by atoms with Crippen molar-refractivity contribution in [1.82, 2.24) is 0 Å². The van der Waals surface area contributed by atoms with Gasteiger partial charge < -0.3 is 14.8 Å². The standard InChI is InChI=1S/C15H23NO2/c1-2-9-17-10-11-18-14-8-7-13-5-3-4-6-15(13)16-12-14/h3-6,14,16H,2,7-12H2,1H3. The van der Waals surface area contributed by atoms with E-state index in [-0.39, 0.29) is 0 Å². The van der Waals surface area contributed by atoms with Crippen LogP contribution in [0.5, 0.6) is 0 Å². The zero-order valence-electron chi connectivity index (χ0n) is 11.2. The molecule has 0 saturated heterocycles. The highest BCUT2D eigenvalue weighted by Gasteiger charge is 2.15. The molecule has 18 heavy (non-hydrogen) atoms. The fourth-order valence-electron chi connectivity index (χ4n) is 2.22. The van der Waals surface area contributed by atoms with Crippen molar-refractivity contribution in [1.29, 1.82) is 0 Å². The number of benzene rings is 1. The van der Waals surface area contributed by atoms with Gasteiger partial charge in [-0.3, -0.25) is 0 Å². The van der Waals surface area contributed by atoms with E-state index in [2.05, 4.69) is 36.5 Å². The summed E-state index contributed by atoms with van der Waals surface area (Å²) in [6.45, 7) is 5.25. The molecule has 1 unspecified atom stereocenters. The lowest BCUT2D eigenvalue weighted by Crippen LogP contribution is -2.23. The number of aryl methyl sites for hydroxylation is 1. The summed E-state index contributed by atoms with van der Waals surface area (Å²) < 4.78 is 11.3. The summed E-state index contributed by atoms with van der Waals surface area (Å²) in [5.74, 6) is 0. The van der Waals surface area contributed by atoms with Crippen LogP contribution in [0.4, 0.5) is 5.69 Å². The molecule has 1 aliphatic rings. The molecule has 1 N–H and O–H groups in total. The summed E-state index contributed by atoms with van der Waals surface area (Å²) in [7, 11) is 0. The number of hydrogen-bond donors (Lipinski definition) is 1. The fraction of sp³-hybridized carbons (Fsp3) is 0.600. The lowest BCUT2D eigenvalue weighted by molar-refractivity contribution is 0.00779. The molecule has 1 aromatic rings. The van der Waals surface area contributed by atoms with Crippen molar-refractivity contribution in [3.05, 3.63) is 29.8 Å². The summed E-state index contributed by atoms with van der Waals surface area (Å²) in [5, 5.41) is 3.46. The summed E-state index contributed by atoms with van der Waals surface area (Å²) in [6.07, 6.45) is 3.53. The molecule has 0 spiro atoms. The first-order chi connectivity index (χ1) is 8.90. The molecule has 1 atom stereocenters. The highest BCUT2D eigenvalue weighted by molar-refractivity contribution is 5.51. The monoisotopic (exact) mass is 249 g/mol. The van der Waals surface area contributed by atoms with Crippen molar-refractivity contribution < 1.29 is 9.47 Å². The van der Waals surface area contributed by atoms with Gasteiger partial charge in [0.1, 0.15) is 0 Å². The number of hydrogen-bond acceptors (Lipinski definition) is 3. The molecule has 3 heteroatoms.